The van der Waals surface area contributed by atoms with Gasteiger partial charge in [0.1, 0.15) is 5.69 Å². The van der Waals surface area contributed by atoms with Crippen molar-refractivity contribution in [3.8, 4) is 0 Å². The number of nitrogens with one attached hydrogen (secondary N) is 1. The van der Waals surface area contributed by atoms with Crippen LogP contribution in [-0.4, -0.2) is 41.1 Å². The lowest BCUT2D eigenvalue weighted by molar-refractivity contribution is 0.0574. The van der Waals surface area contributed by atoms with Crippen molar-refractivity contribution in [1.82, 2.24) is 14.8 Å². The lowest BCUT2D eigenvalue weighted by atomic mass is 9.83. The molecule has 2 atom stereocenters. The average Bonchev–Trinajstić information content (AvgIpc) is 2.95. The molecule has 4 rings (SSSR count). The molecule has 5 heteroatoms. The molecule has 25 heavy (non-hydrogen) atoms. The third kappa shape index (κ3) is 3.30. The maximum absolute atomic E-state index is 12.7. The van der Waals surface area contributed by atoms with Gasteiger partial charge in [0.15, 0.2) is 0 Å². The summed E-state index contributed by atoms with van der Waals surface area (Å²) < 4.78 is 1.95. The Kier molecular flexibility index (Phi) is 4.74. The zero-order valence-electron chi connectivity index (χ0n) is 14.8. The van der Waals surface area contributed by atoms with E-state index in [4.69, 9.17) is 11.6 Å². The summed E-state index contributed by atoms with van der Waals surface area (Å²) in [5.74, 6) is 0.602. The Labute approximate surface area is 154 Å². The number of hydrogen-bond acceptors (Lipinski definition) is 2. The van der Waals surface area contributed by atoms with Crippen molar-refractivity contribution in [2.24, 2.45) is 13.0 Å². The zero-order valence-corrected chi connectivity index (χ0v) is 15.6. The third-order valence-electron chi connectivity index (χ3n) is 5.99. The smallest absolute Gasteiger partial charge is 0.267 e. The molecule has 2 aliphatic rings. The fraction of sp³-hybridized carbons (Fsp3) is 0.550. The Hall–Kier alpha value is -1.52. The van der Waals surface area contributed by atoms with Gasteiger partial charge in [0, 0.05) is 35.6 Å². The van der Waals surface area contributed by atoms with Crippen LogP contribution < -0.4 is 5.32 Å². The number of halogens is 1. The van der Waals surface area contributed by atoms with Gasteiger partial charge >= 0.3 is 0 Å². The molecule has 0 radical (unpaired) electrons. The first-order valence-electron chi connectivity index (χ1n) is 9.41. The van der Waals surface area contributed by atoms with Crippen molar-refractivity contribution >= 4 is 28.4 Å². The van der Waals surface area contributed by atoms with Crippen LogP contribution in [0.5, 0.6) is 0 Å². The molecular weight excluding hydrogens is 334 g/mol. The van der Waals surface area contributed by atoms with Gasteiger partial charge in [0.2, 0.25) is 0 Å². The maximum atomic E-state index is 12.7. The van der Waals surface area contributed by atoms with E-state index in [0.717, 1.165) is 17.4 Å². The minimum atomic E-state index is 0.0164. The molecule has 3 heterocycles. The van der Waals surface area contributed by atoms with E-state index in [1.807, 2.05) is 35.9 Å². The number of aryl methyl sites for hydroxylation is 1. The average molecular weight is 360 g/mol. The summed E-state index contributed by atoms with van der Waals surface area (Å²) in [6, 6.07) is 8.34. The van der Waals surface area contributed by atoms with E-state index in [-0.39, 0.29) is 5.91 Å². The molecule has 2 aliphatic heterocycles. The molecule has 4 nitrogen and oxygen atoms in total. The lowest BCUT2D eigenvalue weighted by Gasteiger charge is -2.44. The van der Waals surface area contributed by atoms with Crippen molar-refractivity contribution in [3.05, 3.63) is 35.0 Å². The molecule has 134 valence electrons. The van der Waals surface area contributed by atoms with Gasteiger partial charge in [-0.3, -0.25) is 4.79 Å². The summed E-state index contributed by atoms with van der Waals surface area (Å²) in [4.78, 5) is 15.4. The van der Waals surface area contributed by atoms with Crippen molar-refractivity contribution in [2.45, 2.75) is 38.1 Å². The minimum Gasteiger partial charge on any atom is -0.350 e. The zero-order chi connectivity index (χ0) is 17.4. The number of amides is 1. The van der Waals surface area contributed by atoms with E-state index in [1.165, 1.54) is 45.2 Å². The van der Waals surface area contributed by atoms with Crippen molar-refractivity contribution in [3.63, 3.8) is 0 Å². The van der Waals surface area contributed by atoms with E-state index in [1.54, 1.807) is 0 Å². The summed E-state index contributed by atoms with van der Waals surface area (Å²) >= 11 is 6.07. The molecule has 0 unspecified atom stereocenters. The molecule has 0 aliphatic carbocycles. The van der Waals surface area contributed by atoms with Gasteiger partial charge in [-0.2, -0.15) is 0 Å². The minimum absolute atomic E-state index is 0.0164. The van der Waals surface area contributed by atoms with Crippen LogP contribution in [0.3, 0.4) is 0 Å². The number of hydrogen-bond donors (Lipinski definition) is 1. The first-order chi connectivity index (χ1) is 12.1. The van der Waals surface area contributed by atoms with Crippen LogP contribution in [0.1, 0.15) is 42.6 Å². The van der Waals surface area contributed by atoms with Gasteiger partial charge in [-0.25, -0.2) is 0 Å². The van der Waals surface area contributed by atoms with E-state index in [2.05, 4.69) is 10.2 Å². The fourth-order valence-electron chi connectivity index (χ4n) is 4.67. The summed E-state index contributed by atoms with van der Waals surface area (Å²) in [6.45, 7) is 3.25. The number of nitrogens with zero attached hydrogens (tertiary/aromatic N) is 2. The Morgan fingerprint density at radius 3 is 2.92 bits per heavy atom. The van der Waals surface area contributed by atoms with Gasteiger partial charge in [0.05, 0.1) is 0 Å². The first-order valence-corrected chi connectivity index (χ1v) is 9.78. The van der Waals surface area contributed by atoms with Crippen molar-refractivity contribution in [1.29, 1.82) is 0 Å². The number of carbonyl (C=O) groups excluding carboxylic acids is 1. The van der Waals surface area contributed by atoms with Crippen LogP contribution in [0.25, 0.3) is 10.9 Å². The lowest BCUT2D eigenvalue weighted by Crippen LogP contribution is -2.51. The fourth-order valence-corrected chi connectivity index (χ4v) is 4.85. The Balaban J connectivity index is 1.46. The standard InChI is InChI=1S/C20H26ClN3O/c1-23-17-8-7-16(21)11-15(17)12-19(23)20(25)22-13-14-5-4-10-24-9-3-2-6-18(14)24/h7-8,11-12,14,18H,2-6,9-10,13H2,1H3,(H,22,25)/t14-,18-/m1/s1. The van der Waals surface area contributed by atoms with Gasteiger partial charge in [0.25, 0.3) is 5.91 Å². The van der Waals surface area contributed by atoms with Gasteiger partial charge < -0.3 is 14.8 Å². The van der Waals surface area contributed by atoms with Crippen molar-refractivity contribution in [2.75, 3.05) is 19.6 Å². The van der Waals surface area contributed by atoms with Crippen LogP contribution in [0, 0.1) is 5.92 Å². The Morgan fingerprint density at radius 1 is 1.20 bits per heavy atom. The van der Waals surface area contributed by atoms with Crippen LogP contribution >= 0.6 is 11.6 Å². The monoisotopic (exact) mass is 359 g/mol. The topological polar surface area (TPSA) is 37.3 Å². The molecule has 1 amide bonds. The van der Waals surface area contributed by atoms with E-state index < -0.39 is 0 Å². The molecule has 0 spiro atoms. The highest BCUT2D eigenvalue weighted by Gasteiger charge is 2.33. The maximum Gasteiger partial charge on any atom is 0.267 e. The van der Waals surface area contributed by atoms with E-state index >= 15 is 0 Å². The summed E-state index contributed by atoms with van der Waals surface area (Å²) in [5.41, 5.74) is 1.74. The summed E-state index contributed by atoms with van der Waals surface area (Å²) in [7, 11) is 1.94. The molecule has 0 bridgehead atoms. The highest BCUT2D eigenvalue weighted by atomic mass is 35.5. The van der Waals surface area contributed by atoms with E-state index in [0.29, 0.717) is 22.7 Å². The Bertz CT molecular complexity index is 783. The molecule has 2 aromatic rings. The number of rotatable bonds is 3. The van der Waals surface area contributed by atoms with Gasteiger partial charge in [-0.1, -0.05) is 18.0 Å². The summed E-state index contributed by atoms with van der Waals surface area (Å²) in [6.07, 6.45) is 6.42. The highest BCUT2D eigenvalue weighted by Crippen LogP contribution is 2.30. The number of piperidine rings is 2. The van der Waals surface area contributed by atoms with Crippen molar-refractivity contribution < 1.29 is 4.79 Å². The quantitative estimate of drug-likeness (QED) is 0.904. The van der Waals surface area contributed by atoms with Gasteiger partial charge in [-0.05, 0) is 69.0 Å². The molecular formula is C20H26ClN3O. The largest absolute Gasteiger partial charge is 0.350 e. The normalized spacial score (nSPS) is 24.2. The molecule has 1 N–H and O–H groups in total. The summed E-state index contributed by atoms with van der Waals surface area (Å²) in [5, 5.41) is 4.91. The number of benzene rings is 1. The predicted molar refractivity (Wildman–Crippen MR) is 102 cm³/mol. The van der Waals surface area contributed by atoms with Crippen LogP contribution in [0.15, 0.2) is 24.3 Å². The second-order valence-electron chi connectivity index (χ2n) is 7.50. The number of carbonyl (C=O) groups is 1. The second kappa shape index (κ2) is 7.00. The molecule has 0 saturated carbocycles. The molecule has 1 aromatic carbocycles. The number of aromatic nitrogens is 1. The number of fused-ring (bicyclic) bond motifs is 2. The van der Waals surface area contributed by atoms with Gasteiger partial charge in [-0.15, -0.1) is 0 Å². The molecule has 2 fully saturated rings. The Morgan fingerprint density at radius 2 is 2.04 bits per heavy atom. The first kappa shape index (κ1) is 16.9. The SMILES string of the molecule is Cn1c(C(=O)NC[C@H]2CCCN3CCCC[C@H]23)cc2cc(Cl)ccc21. The van der Waals surface area contributed by atoms with Crippen LogP contribution in [0.2, 0.25) is 5.02 Å². The van der Waals surface area contributed by atoms with Crippen LogP contribution in [-0.2, 0) is 7.05 Å². The molecule has 2 saturated heterocycles. The molecule has 1 aromatic heterocycles. The third-order valence-corrected chi connectivity index (χ3v) is 6.23. The van der Waals surface area contributed by atoms with Crippen LogP contribution in [0.4, 0.5) is 0 Å². The highest BCUT2D eigenvalue weighted by molar-refractivity contribution is 6.31. The second-order valence-corrected chi connectivity index (χ2v) is 7.94. The predicted octanol–water partition coefficient (Wildman–Crippen LogP) is 3.83. The van der Waals surface area contributed by atoms with E-state index in [9.17, 15) is 4.79 Å².